The molecule has 2 N–H and O–H groups in total. The second kappa shape index (κ2) is 9.20. The summed E-state index contributed by atoms with van der Waals surface area (Å²) in [5.74, 6) is 0.0692. The van der Waals surface area contributed by atoms with Crippen molar-refractivity contribution in [2.45, 2.75) is 58.2 Å². The number of carbonyl (C=O) groups is 1. The van der Waals surface area contributed by atoms with Gasteiger partial charge in [-0.3, -0.25) is 14.3 Å². The highest BCUT2D eigenvalue weighted by molar-refractivity contribution is 6.10. The Bertz CT molecular complexity index is 1660. The Kier molecular flexibility index (Phi) is 5.91. The second-order valence-corrected chi connectivity index (χ2v) is 11.4. The molecule has 9 heteroatoms. The SMILES string of the molecule is Cn1cc(-c2cccc(N3Cc4cc(C(C)(C)C)ccc4C3=O)c2CO)nc(Nc2cnn(C3CC3)c2)c1=O. The van der Waals surface area contributed by atoms with E-state index in [2.05, 4.69) is 42.2 Å². The highest BCUT2D eigenvalue weighted by Gasteiger charge is 2.32. The summed E-state index contributed by atoms with van der Waals surface area (Å²) in [7, 11) is 1.67. The maximum Gasteiger partial charge on any atom is 0.293 e. The Hall–Kier alpha value is -4.24. The van der Waals surface area contributed by atoms with Crippen molar-refractivity contribution in [1.82, 2.24) is 19.3 Å². The summed E-state index contributed by atoms with van der Waals surface area (Å²) < 4.78 is 3.37. The van der Waals surface area contributed by atoms with Crippen LogP contribution in [-0.2, 0) is 25.6 Å². The minimum Gasteiger partial charge on any atom is -0.392 e. The van der Waals surface area contributed by atoms with Gasteiger partial charge in [0, 0.05) is 36.1 Å². The Morgan fingerprint density at radius 3 is 2.59 bits per heavy atom. The monoisotopic (exact) mass is 524 g/mol. The summed E-state index contributed by atoms with van der Waals surface area (Å²) in [6.07, 6.45) is 7.44. The molecule has 1 aliphatic heterocycles. The van der Waals surface area contributed by atoms with Crippen LogP contribution in [0, 0.1) is 0 Å². The van der Waals surface area contributed by atoms with Crippen LogP contribution in [0.4, 0.5) is 17.2 Å². The lowest BCUT2D eigenvalue weighted by atomic mass is 9.85. The van der Waals surface area contributed by atoms with Gasteiger partial charge in [-0.05, 0) is 41.5 Å². The third-order valence-electron chi connectivity index (χ3n) is 7.51. The van der Waals surface area contributed by atoms with Crippen LogP contribution in [0.5, 0.6) is 0 Å². The van der Waals surface area contributed by atoms with Crippen molar-refractivity contribution in [3.05, 3.63) is 87.6 Å². The van der Waals surface area contributed by atoms with Crippen molar-refractivity contribution >= 4 is 23.1 Å². The third-order valence-corrected chi connectivity index (χ3v) is 7.51. The van der Waals surface area contributed by atoms with Crippen LogP contribution in [0.3, 0.4) is 0 Å². The molecule has 0 saturated heterocycles. The first-order chi connectivity index (χ1) is 18.6. The molecular formula is C30H32N6O3. The van der Waals surface area contributed by atoms with Gasteiger partial charge in [-0.15, -0.1) is 0 Å². The van der Waals surface area contributed by atoms with Crippen LogP contribution < -0.4 is 15.8 Å². The van der Waals surface area contributed by atoms with E-state index in [1.807, 2.05) is 41.2 Å². The Morgan fingerprint density at radius 1 is 1.08 bits per heavy atom. The van der Waals surface area contributed by atoms with Gasteiger partial charge in [-0.2, -0.15) is 5.10 Å². The van der Waals surface area contributed by atoms with Crippen molar-refractivity contribution in [1.29, 1.82) is 0 Å². The van der Waals surface area contributed by atoms with Crippen LogP contribution in [0.25, 0.3) is 11.3 Å². The lowest BCUT2D eigenvalue weighted by molar-refractivity contribution is 0.0996. The van der Waals surface area contributed by atoms with E-state index >= 15 is 0 Å². The molecule has 9 nitrogen and oxygen atoms in total. The van der Waals surface area contributed by atoms with Gasteiger partial charge in [-0.25, -0.2) is 4.98 Å². The van der Waals surface area contributed by atoms with E-state index in [9.17, 15) is 14.7 Å². The van der Waals surface area contributed by atoms with Gasteiger partial charge in [0.15, 0.2) is 5.82 Å². The average molecular weight is 525 g/mol. The Balaban J connectivity index is 1.36. The number of amides is 1. The Labute approximate surface area is 226 Å². The summed E-state index contributed by atoms with van der Waals surface area (Å²) in [6, 6.07) is 12.0. The lowest BCUT2D eigenvalue weighted by Gasteiger charge is -2.21. The average Bonchev–Trinajstić information content (AvgIpc) is 3.57. The van der Waals surface area contributed by atoms with Crippen molar-refractivity contribution in [2.24, 2.45) is 7.05 Å². The number of hydrogen-bond donors (Lipinski definition) is 2. The van der Waals surface area contributed by atoms with Crippen LogP contribution in [-0.4, -0.2) is 30.3 Å². The number of aromatic nitrogens is 4. The first-order valence-electron chi connectivity index (χ1n) is 13.2. The summed E-state index contributed by atoms with van der Waals surface area (Å²) in [6.45, 7) is 6.59. The fraction of sp³-hybridized carbons (Fsp3) is 0.333. The second-order valence-electron chi connectivity index (χ2n) is 11.4. The van der Waals surface area contributed by atoms with Crippen molar-refractivity contribution in [3.63, 3.8) is 0 Å². The molecule has 2 aliphatic rings. The molecule has 0 bridgehead atoms. The number of aliphatic hydroxyl groups excluding tert-OH is 1. The fourth-order valence-corrected chi connectivity index (χ4v) is 5.11. The van der Waals surface area contributed by atoms with E-state index in [0.717, 1.165) is 18.4 Å². The maximum atomic E-state index is 13.4. The number of aliphatic hydroxyl groups is 1. The molecule has 3 heterocycles. The predicted octanol–water partition coefficient (Wildman–Crippen LogP) is 4.67. The van der Waals surface area contributed by atoms with E-state index in [1.165, 1.54) is 10.1 Å². The van der Waals surface area contributed by atoms with E-state index < -0.39 is 0 Å². The molecule has 0 atom stereocenters. The first kappa shape index (κ1) is 25.1. The predicted molar refractivity (Wildman–Crippen MR) is 150 cm³/mol. The third kappa shape index (κ3) is 4.52. The van der Waals surface area contributed by atoms with Crippen LogP contribution in [0.2, 0.25) is 0 Å². The fourth-order valence-electron chi connectivity index (χ4n) is 5.11. The van der Waals surface area contributed by atoms with E-state index in [-0.39, 0.29) is 29.3 Å². The van der Waals surface area contributed by atoms with Crippen LogP contribution >= 0.6 is 0 Å². The van der Waals surface area contributed by atoms with Crippen molar-refractivity contribution in [2.75, 3.05) is 10.2 Å². The number of benzene rings is 2. The molecule has 1 saturated carbocycles. The number of carbonyl (C=O) groups excluding carboxylic acids is 1. The normalized spacial score (nSPS) is 15.1. The van der Waals surface area contributed by atoms with Crippen LogP contribution in [0.1, 0.15) is 66.7 Å². The zero-order valence-electron chi connectivity index (χ0n) is 22.6. The molecule has 6 rings (SSSR count). The van der Waals surface area contributed by atoms with E-state index in [1.54, 1.807) is 24.3 Å². The lowest BCUT2D eigenvalue weighted by Crippen LogP contribution is -2.25. The van der Waals surface area contributed by atoms with Crippen molar-refractivity contribution < 1.29 is 9.90 Å². The molecule has 1 amide bonds. The van der Waals surface area contributed by atoms with Gasteiger partial charge in [0.1, 0.15) is 0 Å². The molecule has 2 aromatic carbocycles. The summed E-state index contributed by atoms with van der Waals surface area (Å²) in [5, 5.41) is 18.0. The minimum absolute atomic E-state index is 0.0288. The zero-order chi connectivity index (χ0) is 27.5. The topological polar surface area (TPSA) is 105 Å². The van der Waals surface area contributed by atoms with E-state index in [4.69, 9.17) is 0 Å². The van der Waals surface area contributed by atoms with Gasteiger partial charge in [0.05, 0.1) is 42.5 Å². The quantitative estimate of drug-likeness (QED) is 0.380. The highest BCUT2D eigenvalue weighted by atomic mass is 16.3. The largest absolute Gasteiger partial charge is 0.392 e. The summed E-state index contributed by atoms with van der Waals surface area (Å²) in [5.41, 5.74) is 5.58. The summed E-state index contributed by atoms with van der Waals surface area (Å²) in [4.78, 5) is 32.7. The molecule has 200 valence electrons. The number of hydrogen-bond acceptors (Lipinski definition) is 6. The number of anilines is 3. The highest BCUT2D eigenvalue weighted by Crippen LogP contribution is 2.37. The van der Waals surface area contributed by atoms with Gasteiger partial charge < -0.3 is 19.9 Å². The van der Waals surface area contributed by atoms with Crippen molar-refractivity contribution in [3.8, 4) is 11.3 Å². The number of nitrogens with zero attached hydrogens (tertiary/aromatic N) is 5. The molecular weight excluding hydrogens is 492 g/mol. The first-order valence-corrected chi connectivity index (χ1v) is 13.2. The molecule has 4 aromatic rings. The number of nitrogens with one attached hydrogen (secondary N) is 1. The molecule has 0 spiro atoms. The zero-order valence-corrected chi connectivity index (χ0v) is 22.6. The molecule has 39 heavy (non-hydrogen) atoms. The smallest absolute Gasteiger partial charge is 0.293 e. The minimum atomic E-state index is -0.291. The van der Waals surface area contributed by atoms with Crippen LogP contribution in [0.15, 0.2) is 59.8 Å². The molecule has 1 aliphatic carbocycles. The molecule has 0 unspecified atom stereocenters. The summed E-state index contributed by atoms with van der Waals surface area (Å²) >= 11 is 0. The van der Waals surface area contributed by atoms with Gasteiger partial charge >= 0.3 is 0 Å². The number of fused-ring (bicyclic) bond motifs is 1. The number of aryl methyl sites for hydroxylation is 1. The van der Waals surface area contributed by atoms with Gasteiger partial charge in [-0.1, -0.05) is 45.0 Å². The van der Waals surface area contributed by atoms with Gasteiger partial charge in [0.2, 0.25) is 0 Å². The molecule has 2 aromatic heterocycles. The standard InChI is InChI=1S/C30H32N6O3/c1-30(2,3)19-8-11-22-18(12-19)14-35(28(22)38)26-7-5-6-23(24(26)17-37)25-16-34(4)29(39)27(33-25)32-20-13-31-36(15-20)21-9-10-21/h5-8,11-13,15-16,21,37H,9-10,14,17H2,1-4H3,(H,32,33). The molecule has 0 radical (unpaired) electrons. The van der Waals surface area contributed by atoms with E-state index in [0.29, 0.717) is 46.3 Å². The Morgan fingerprint density at radius 2 is 1.87 bits per heavy atom. The van der Waals surface area contributed by atoms with Gasteiger partial charge in [0.25, 0.3) is 11.5 Å². The number of rotatable bonds is 6. The maximum absolute atomic E-state index is 13.4. The molecule has 1 fully saturated rings.